The van der Waals surface area contributed by atoms with Gasteiger partial charge in [-0.15, -0.1) is 0 Å². The summed E-state index contributed by atoms with van der Waals surface area (Å²) < 4.78 is 0. The number of pyridine rings is 1. The monoisotopic (exact) mass is 334 g/mol. The van der Waals surface area contributed by atoms with Gasteiger partial charge in [-0.3, -0.25) is 4.98 Å². The molecule has 3 rings (SSSR count). The predicted octanol–water partition coefficient (Wildman–Crippen LogP) is 4.10. The smallest absolute Gasteiger partial charge is 0.335 e. The normalized spacial score (nSPS) is 10.7. The Kier molecular flexibility index (Phi) is 4.70. The van der Waals surface area contributed by atoms with E-state index in [0.717, 1.165) is 11.3 Å². The Morgan fingerprint density at radius 2 is 1.96 bits per heavy atom. The molecule has 2 N–H and O–H groups in total. The maximum absolute atomic E-state index is 11.1. The van der Waals surface area contributed by atoms with Crippen LogP contribution in [0.2, 0.25) is 0 Å². The van der Waals surface area contributed by atoms with Crippen LogP contribution in [0.1, 0.15) is 35.8 Å². The standard InChI is InChI=1S/C19H18N4O2/c1-12(2)16-10-17(21-15-7-3-5-13(9-15)19(24)25)23-18(22-16)14-6-4-8-20-11-14/h3-12H,1-2H3,(H,24,25)(H,21,22,23). The van der Waals surface area contributed by atoms with Gasteiger partial charge < -0.3 is 10.4 Å². The molecule has 3 aromatic rings. The molecule has 0 aliphatic heterocycles. The number of aromatic nitrogens is 3. The minimum Gasteiger partial charge on any atom is -0.478 e. The van der Waals surface area contributed by atoms with Crippen LogP contribution in [0.3, 0.4) is 0 Å². The van der Waals surface area contributed by atoms with E-state index in [1.54, 1.807) is 36.7 Å². The van der Waals surface area contributed by atoms with Crippen molar-refractivity contribution in [3.05, 3.63) is 66.1 Å². The first kappa shape index (κ1) is 16.6. The molecule has 0 bridgehead atoms. The lowest BCUT2D eigenvalue weighted by atomic mass is 10.1. The Morgan fingerprint density at radius 3 is 2.64 bits per heavy atom. The molecule has 6 nitrogen and oxygen atoms in total. The molecular weight excluding hydrogens is 316 g/mol. The van der Waals surface area contributed by atoms with Crippen molar-refractivity contribution in [2.45, 2.75) is 19.8 Å². The summed E-state index contributed by atoms with van der Waals surface area (Å²) in [7, 11) is 0. The van der Waals surface area contributed by atoms with Crippen LogP contribution in [0, 0.1) is 0 Å². The highest BCUT2D eigenvalue weighted by Gasteiger charge is 2.11. The lowest BCUT2D eigenvalue weighted by molar-refractivity contribution is 0.0697. The third-order valence-corrected chi connectivity index (χ3v) is 3.64. The van der Waals surface area contributed by atoms with Crippen LogP contribution >= 0.6 is 0 Å². The van der Waals surface area contributed by atoms with Crippen molar-refractivity contribution >= 4 is 17.5 Å². The first-order valence-electron chi connectivity index (χ1n) is 7.92. The largest absolute Gasteiger partial charge is 0.478 e. The highest BCUT2D eigenvalue weighted by molar-refractivity contribution is 5.89. The molecule has 0 aliphatic rings. The van der Waals surface area contributed by atoms with Crippen molar-refractivity contribution in [3.63, 3.8) is 0 Å². The molecule has 0 amide bonds. The van der Waals surface area contributed by atoms with E-state index in [4.69, 9.17) is 5.11 Å². The second-order valence-electron chi connectivity index (χ2n) is 5.91. The summed E-state index contributed by atoms with van der Waals surface area (Å²) in [5, 5.41) is 12.3. The fourth-order valence-corrected chi connectivity index (χ4v) is 2.33. The number of carbonyl (C=O) groups is 1. The molecule has 6 heteroatoms. The molecule has 2 aromatic heterocycles. The van der Waals surface area contributed by atoms with Gasteiger partial charge in [0.15, 0.2) is 5.82 Å². The van der Waals surface area contributed by atoms with E-state index in [1.807, 2.05) is 18.2 Å². The van der Waals surface area contributed by atoms with E-state index < -0.39 is 5.97 Å². The van der Waals surface area contributed by atoms with Crippen molar-refractivity contribution < 1.29 is 9.90 Å². The maximum Gasteiger partial charge on any atom is 0.335 e. The molecule has 1 aromatic carbocycles. The lowest BCUT2D eigenvalue weighted by Crippen LogP contribution is -2.03. The Bertz CT molecular complexity index is 895. The zero-order valence-corrected chi connectivity index (χ0v) is 14.0. The summed E-state index contributed by atoms with van der Waals surface area (Å²) in [6.45, 7) is 4.12. The second-order valence-corrected chi connectivity index (χ2v) is 5.91. The third kappa shape index (κ3) is 3.98. The highest BCUT2D eigenvalue weighted by Crippen LogP contribution is 2.24. The van der Waals surface area contributed by atoms with Crippen LogP contribution in [0.5, 0.6) is 0 Å². The van der Waals surface area contributed by atoms with Gasteiger partial charge in [0, 0.05) is 35.4 Å². The molecule has 0 saturated heterocycles. The van der Waals surface area contributed by atoms with E-state index in [0.29, 0.717) is 17.3 Å². The molecule has 0 fully saturated rings. The number of hydrogen-bond acceptors (Lipinski definition) is 5. The Morgan fingerprint density at radius 1 is 1.12 bits per heavy atom. The zero-order valence-electron chi connectivity index (χ0n) is 14.0. The van der Waals surface area contributed by atoms with Gasteiger partial charge in [0.2, 0.25) is 0 Å². The maximum atomic E-state index is 11.1. The van der Waals surface area contributed by atoms with Crippen LogP contribution in [0.25, 0.3) is 11.4 Å². The number of nitrogens with one attached hydrogen (secondary N) is 1. The van der Waals surface area contributed by atoms with Gasteiger partial charge in [-0.2, -0.15) is 0 Å². The van der Waals surface area contributed by atoms with Gasteiger partial charge in [0.05, 0.1) is 5.56 Å². The van der Waals surface area contributed by atoms with Gasteiger partial charge in [0.25, 0.3) is 0 Å². The number of anilines is 2. The molecule has 0 atom stereocenters. The minimum absolute atomic E-state index is 0.218. The molecule has 0 spiro atoms. The summed E-state index contributed by atoms with van der Waals surface area (Å²) in [4.78, 5) is 24.4. The summed E-state index contributed by atoms with van der Waals surface area (Å²) in [6, 6.07) is 12.2. The van der Waals surface area contributed by atoms with Crippen LogP contribution in [0.15, 0.2) is 54.9 Å². The fourth-order valence-electron chi connectivity index (χ4n) is 2.33. The van der Waals surface area contributed by atoms with Crippen molar-refractivity contribution in [1.29, 1.82) is 0 Å². The number of hydrogen-bond donors (Lipinski definition) is 2. The number of benzene rings is 1. The van der Waals surface area contributed by atoms with E-state index >= 15 is 0 Å². The van der Waals surface area contributed by atoms with E-state index in [2.05, 4.69) is 34.1 Å². The molecular formula is C19H18N4O2. The second kappa shape index (κ2) is 7.09. The van der Waals surface area contributed by atoms with Crippen LogP contribution in [-0.4, -0.2) is 26.0 Å². The number of nitrogens with zero attached hydrogens (tertiary/aromatic N) is 3. The van der Waals surface area contributed by atoms with Gasteiger partial charge in [0.1, 0.15) is 5.82 Å². The van der Waals surface area contributed by atoms with Crippen LogP contribution in [-0.2, 0) is 0 Å². The van der Waals surface area contributed by atoms with E-state index in [-0.39, 0.29) is 11.5 Å². The fraction of sp³-hybridized carbons (Fsp3) is 0.158. The first-order chi connectivity index (χ1) is 12.0. The minimum atomic E-state index is -0.967. The average Bonchev–Trinajstić information content (AvgIpc) is 2.62. The van der Waals surface area contributed by atoms with E-state index in [1.165, 1.54) is 0 Å². The SMILES string of the molecule is CC(C)c1cc(Nc2cccc(C(=O)O)c2)nc(-c2cccnc2)n1. The summed E-state index contributed by atoms with van der Waals surface area (Å²) in [5.41, 5.74) is 2.60. The first-order valence-corrected chi connectivity index (χ1v) is 7.92. The Labute approximate surface area is 145 Å². The zero-order chi connectivity index (χ0) is 17.8. The number of rotatable bonds is 5. The molecule has 0 aliphatic carbocycles. The van der Waals surface area contributed by atoms with E-state index in [9.17, 15) is 4.79 Å². The lowest BCUT2D eigenvalue weighted by Gasteiger charge is -2.12. The van der Waals surface area contributed by atoms with Crippen molar-refractivity contribution in [3.8, 4) is 11.4 Å². The number of carboxylic acid groups (broad SMARTS) is 1. The van der Waals surface area contributed by atoms with Crippen LogP contribution < -0.4 is 5.32 Å². The third-order valence-electron chi connectivity index (χ3n) is 3.64. The van der Waals surface area contributed by atoms with Gasteiger partial charge in [-0.25, -0.2) is 14.8 Å². The molecule has 0 radical (unpaired) electrons. The summed E-state index contributed by atoms with van der Waals surface area (Å²) in [5.74, 6) is 0.450. The topological polar surface area (TPSA) is 88.0 Å². The molecule has 0 unspecified atom stereocenters. The van der Waals surface area contributed by atoms with Crippen LogP contribution in [0.4, 0.5) is 11.5 Å². The summed E-state index contributed by atoms with van der Waals surface area (Å²) in [6.07, 6.45) is 3.42. The van der Waals surface area contributed by atoms with Gasteiger partial charge >= 0.3 is 5.97 Å². The molecule has 25 heavy (non-hydrogen) atoms. The number of carboxylic acids is 1. The molecule has 2 heterocycles. The number of aromatic carboxylic acids is 1. The average molecular weight is 334 g/mol. The Hall–Kier alpha value is -3.28. The van der Waals surface area contributed by atoms with Crippen molar-refractivity contribution in [2.75, 3.05) is 5.32 Å². The van der Waals surface area contributed by atoms with Gasteiger partial charge in [-0.05, 0) is 36.2 Å². The molecule has 126 valence electrons. The van der Waals surface area contributed by atoms with Crippen molar-refractivity contribution in [2.24, 2.45) is 0 Å². The van der Waals surface area contributed by atoms with Gasteiger partial charge in [-0.1, -0.05) is 19.9 Å². The quantitative estimate of drug-likeness (QED) is 0.730. The molecule has 0 saturated carbocycles. The highest BCUT2D eigenvalue weighted by atomic mass is 16.4. The Balaban J connectivity index is 1.99. The summed E-state index contributed by atoms with van der Waals surface area (Å²) >= 11 is 0. The predicted molar refractivity (Wildman–Crippen MR) is 96.0 cm³/mol. The van der Waals surface area contributed by atoms with Crippen molar-refractivity contribution in [1.82, 2.24) is 15.0 Å².